The summed E-state index contributed by atoms with van der Waals surface area (Å²) in [7, 11) is 0. The molecule has 2 nitrogen and oxygen atoms in total. The maximum Gasteiger partial charge on any atom is 0.144 e. The first-order valence-corrected chi connectivity index (χ1v) is 8.50. The smallest absolute Gasteiger partial charge is 0.144 e. The van der Waals surface area contributed by atoms with Crippen molar-refractivity contribution in [1.29, 1.82) is 0 Å². The van der Waals surface area contributed by atoms with Crippen molar-refractivity contribution in [2.45, 2.75) is 85.4 Å². The highest BCUT2D eigenvalue weighted by Gasteiger charge is 2.64. The molecular formula is C18H30O2. The van der Waals surface area contributed by atoms with Crippen LogP contribution in [0.2, 0.25) is 0 Å². The van der Waals surface area contributed by atoms with Gasteiger partial charge in [-0.1, -0.05) is 34.6 Å². The van der Waals surface area contributed by atoms with Crippen molar-refractivity contribution in [1.82, 2.24) is 0 Å². The maximum atomic E-state index is 12.1. The average molecular weight is 278 g/mol. The minimum Gasteiger partial charge on any atom is -0.373 e. The van der Waals surface area contributed by atoms with Crippen LogP contribution in [0.15, 0.2) is 0 Å². The lowest BCUT2D eigenvalue weighted by Crippen LogP contribution is -2.57. The molecule has 3 saturated carbocycles. The molecule has 4 unspecified atom stereocenters. The van der Waals surface area contributed by atoms with Crippen LogP contribution in [0.5, 0.6) is 0 Å². The van der Waals surface area contributed by atoms with Gasteiger partial charge in [0.2, 0.25) is 0 Å². The van der Waals surface area contributed by atoms with Gasteiger partial charge in [-0.3, -0.25) is 4.79 Å². The number of hydrogen-bond donors (Lipinski definition) is 0. The van der Waals surface area contributed by atoms with Crippen LogP contribution in [0, 0.1) is 22.2 Å². The summed E-state index contributed by atoms with van der Waals surface area (Å²) in [6, 6.07) is 0. The molecule has 3 fully saturated rings. The van der Waals surface area contributed by atoms with Crippen molar-refractivity contribution in [3.63, 3.8) is 0 Å². The first-order valence-electron chi connectivity index (χ1n) is 8.50. The van der Waals surface area contributed by atoms with E-state index in [1.54, 1.807) is 0 Å². The first-order chi connectivity index (χ1) is 9.31. The topological polar surface area (TPSA) is 26.3 Å². The molecule has 0 aromatic rings. The molecule has 20 heavy (non-hydrogen) atoms. The summed E-state index contributed by atoms with van der Waals surface area (Å²) in [5, 5.41) is 0. The quantitative estimate of drug-likeness (QED) is 0.763. The Morgan fingerprint density at radius 2 is 1.80 bits per heavy atom. The number of ketones is 1. The van der Waals surface area contributed by atoms with Crippen LogP contribution < -0.4 is 0 Å². The van der Waals surface area contributed by atoms with Gasteiger partial charge in [0.25, 0.3) is 0 Å². The molecule has 4 atom stereocenters. The predicted molar refractivity (Wildman–Crippen MR) is 80.5 cm³/mol. The number of ether oxygens (including phenoxy) is 1. The van der Waals surface area contributed by atoms with E-state index < -0.39 is 0 Å². The van der Waals surface area contributed by atoms with Crippen molar-refractivity contribution in [2.24, 2.45) is 22.2 Å². The Balaban J connectivity index is 1.76. The van der Waals surface area contributed by atoms with Crippen LogP contribution in [-0.2, 0) is 9.53 Å². The zero-order valence-electron chi connectivity index (χ0n) is 13.8. The minimum absolute atomic E-state index is 0.164. The Labute approximate surface area is 123 Å². The molecule has 0 heterocycles. The molecule has 3 rings (SSSR count). The zero-order chi connectivity index (χ0) is 14.8. The number of rotatable bonds is 4. The molecule has 0 aromatic heterocycles. The van der Waals surface area contributed by atoms with Crippen molar-refractivity contribution in [3.8, 4) is 0 Å². The Morgan fingerprint density at radius 3 is 2.20 bits per heavy atom. The van der Waals surface area contributed by atoms with E-state index in [0.717, 1.165) is 18.8 Å². The Bertz CT molecular complexity index is 421. The van der Waals surface area contributed by atoms with Crippen molar-refractivity contribution in [3.05, 3.63) is 0 Å². The predicted octanol–water partition coefficient (Wildman–Crippen LogP) is 4.37. The summed E-state index contributed by atoms with van der Waals surface area (Å²) < 4.78 is 6.57. The Kier molecular flexibility index (Phi) is 3.14. The first kappa shape index (κ1) is 14.6. The van der Waals surface area contributed by atoms with Crippen molar-refractivity contribution < 1.29 is 9.53 Å². The summed E-state index contributed by atoms with van der Waals surface area (Å²) in [6.45, 7) is 11.6. The second-order valence-electron chi connectivity index (χ2n) is 8.21. The SMILES string of the molecule is CCC1(CC)C(=O)CC1OC1CC2CCC1(C)C2(C)C. The molecule has 2 heteroatoms. The third kappa shape index (κ3) is 1.52. The fraction of sp³-hybridized carbons (Fsp3) is 0.944. The van der Waals surface area contributed by atoms with E-state index in [9.17, 15) is 4.79 Å². The van der Waals surface area contributed by atoms with Crippen LogP contribution in [0.25, 0.3) is 0 Å². The number of Topliss-reactive ketones (excluding diaryl/α,β-unsaturated/α-hetero) is 1. The molecule has 0 aliphatic heterocycles. The van der Waals surface area contributed by atoms with Gasteiger partial charge < -0.3 is 4.74 Å². The van der Waals surface area contributed by atoms with Crippen LogP contribution >= 0.6 is 0 Å². The van der Waals surface area contributed by atoms with Crippen LogP contribution in [0.4, 0.5) is 0 Å². The maximum absolute atomic E-state index is 12.1. The van der Waals surface area contributed by atoms with Crippen LogP contribution in [0.3, 0.4) is 0 Å². The molecule has 0 radical (unpaired) electrons. The van der Waals surface area contributed by atoms with Gasteiger partial charge in [-0.05, 0) is 48.9 Å². The second kappa shape index (κ2) is 4.32. The van der Waals surface area contributed by atoms with E-state index >= 15 is 0 Å². The largest absolute Gasteiger partial charge is 0.373 e. The van der Waals surface area contributed by atoms with Gasteiger partial charge in [-0.15, -0.1) is 0 Å². The van der Waals surface area contributed by atoms with Crippen molar-refractivity contribution in [2.75, 3.05) is 0 Å². The summed E-state index contributed by atoms with van der Waals surface area (Å²) >= 11 is 0. The fourth-order valence-corrected chi connectivity index (χ4v) is 5.43. The molecule has 2 bridgehead atoms. The summed E-state index contributed by atoms with van der Waals surface area (Å²) in [5.74, 6) is 1.24. The Morgan fingerprint density at radius 1 is 1.15 bits per heavy atom. The van der Waals surface area contributed by atoms with E-state index in [4.69, 9.17) is 4.74 Å². The van der Waals surface area contributed by atoms with E-state index in [1.165, 1.54) is 19.3 Å². The Hall–Kier alpha value is -0.370. The number of fused-ring (bicyclic) bond motifs is 2. The standard InChI is InChI=1S/C18H30O2/c1-6-18(7-2)13(19)11-15(18)20-14-10-12-8-9-17(14,5)16(12,3)4/h12,14-15H,6-11H2,1-5H3. The molecule has 3 aliphatic carbocycles. The highest BCUT2D eigenvalue weighted by Crippen LogP contribution is 2.67. The number of hydrogen-bond acceptors (Lipinski definition) is 2. The van der Waals surface area contributed by atoms with E-state index in [2.05, 4.69) is 34.6 Å². The third-order valence-electron chi connectivity index (χ3n) is 7.85. The highest BCUT2D eigenvalue weighted by molar-refractivity contribution is 5.92. The monoisotopic (exact) mass is 278 g/mol. The zero-order valence-corrected chi connectivity index (χ0v) is 13.8. The molecule has 0 saturated heterocycles. The summed E-state index contributed by atoms with van der Waals surface area (Å²) in [4.78, 5) is 12.1. The van der Waals surface area contributed by atoms with Gasteiger partial charge >= 0.3 is 0 Å². The fourth-order valence-electron chi connectivity index (χ4n) is 5.43. The third-order valence-corrected chi connectivity index (χ3v) is 7.85. The molecule has 3 aliphatic rings. The van der Waals surface area contributed by atoms with E-state index in [-0.39, 0.29) is 11.5 Å². The second-order valence-corrected chi connectivity index (χ2v) is 8.21. The van der Waals surface area contributed by atoms with Gasteiger partial charge in [-0.25, -0.2) is 0 Å². The van der Waals surface area contributed by atoms with E-state index in [1.807, 2.05) is 0 Å². The molecule has 0 aromatic carbocycles. The molecule has 114 valence electrons. The van der Waals surface area contributed by atoms with Crippen LogP contribution in [-0.4, -0.2) is 18.0 Å². The van der Waals surface area contributed by atoms with Gasteiger partial charge in [0.1, 0.15) is 5.78 Å². The van der Waals surface area contributed by atoms with Crippen molar-refractivity contribution >= 4 is 5.78 Å². The number of carbonyl (C=O) groups is 1. The molecule has 0 N–H and O–H groups in total. The van der Waals surface area contributed by atoms with Gasteiger partial charge in [0.15, 0.2) is 0 Å². The lowest BCUT2D eigenvalue weighted by Gasteiger charge is -2.50. The molecular weight excluding hydrogens is 248 g/mol. The summed E-state index contributed by atoms with van der Waals surface area (Å²) in [5.41, 5.74) is 0.540. The average Bonchev–Trinajstić information content (AvgIpc) is 2.73. The molecule has 0 spiro atoms. The van der Waals surface area contributed by atoms with Gasteiger partial charge in [0.05, 0.1) is 17.6 Å². The summed E-state index contributed by atoms with van der Waals surface area (Å²) in [6.07, 6.45) is 6.93. The van der Waals surface area contributed by atoms with Gasteiger partial charge in [-0.2, -0.15) is 0 Å². The van der Waals surface area contributed by atoms with Gasteiger partial charge in [0, 0.05) is 6.42 Å². The lowest BCUT2D eigenvalue weighted by atomic mass is 9.61. The normalized spacial score (nSPS) is 44.6. The minimum atomic E-state index is -0.164. The highest BCUT2D eigenvalue weighted by atomic mass is 16.5. The lowest BCUT2D eigenvalue weighted by molar-refractivity contribution is -0.186. The van der Waals surface area contributed by atoms with Crippen LogP contribution in [0.1, 0.15) is 73.1 Å². The molecule has 0 amide bonds. The van der Waals surface area contributed by atoms with E-state index in [0.29, 0.717) is 29.1 Å². The number of carbonyl (C=O) groups excluding carboxylic acids is 1.